The summed E-state index contributed by atoms with van der Waals surface area (Å²) in [4.78, 5) is 12.2. The Bertz CT molecular complexity index is 1100. The highest BCUT2D eigenvalue weighted by Gasteiger charge is 2.15. The molecule has 4 rings (SSSR count). The second-order valence-corrected chi connectivity index (χ2v) is 6.24. The van der Waals surface area contributed by atoms with Gasteiger partial charge in [0.05, 0.1) is 0 Å². The summed E-state index contributed by atoms with van der Waals surface area (Å²) in [7, 11) is 0. The highest BCUT2D eigenvalue weighted by Crippen LogP contribution is 2.37. The van der Waals surface area contributed by atoms with Crippen LogP contribution >= 0.6 is 0 Å². The van der Waals surface area contributed by atoms with Gasteiger partial charge in [0.1, 0.15) is 0 Å². The first-order valence-corrected chi connectivity index (χ1v) is 7.94. The fraction of sp³-hybridized carbons (Fsp3) is 0.136. The number of rotatable bonds is 1. The van der Waals surface area contributed by atoms with E-state index in [2.05, 4.69) is 62.4 Å². The van der Waals surface area contributed by atoms with Crippen LogP contribution in [0, 0.1) is 13.8 Å². The number of carbonyl (C=O) groups is 1. The number of benzene rings is 4. The summed E-state index contributed by atoms with van der Waals surface area (Å²) >= 11 is 0. The standard InChI is InChI=1S/C22H18O/c1-13-16-8-4-5-9-17(16)14(2)22-19-11-7-6-10-18(19)21(15(3)23)12-20(13)22/h4-12H,1-3H3. The minimum atomic E-state index is 0.119. The Kier molecular flexibility index (Phi) is 2.99. The van der Waals surface area contributed by atoms with Crippen molar-refractivity contribution in [2.45, 2.75) is 20.8 Å². The van der Waals surface area contributed by atoms with Gasteiger partial charge in [0.2, 0.25) is 0 Å². The largest absolute Gasteiger partial charge is 0.294 e. The van der Waals surface area contributed by atoms with E-state index >= 15 is 0 Å². The van der Waals surface area contributed by atoms with Gasteiger partial charge < -0.3 is 0 Å². The minimum absolute atomic E-state index is 0.119. The summed E-state index contributed by atoms with van der Waals surface area (Å²) < 4.78 is 0. The highest BCUT2D eigenvalue weighted by atomic mass is 16.1. The fourth-order valence-electron chi connectivity index (χ4n) is 3.78. The molecule has 0 saturated heterocycles. The van der Waals surface area contributed by atoms with Crippen molar-refractivity contribution in [3.8, 4) is 0 Å². The summed E-state index contributed by atoms with van der Waals surface area (Å²) in [6.45, 7) is 5.99. The normalized spacial score (nSPS) is 11.4. The molecular weight excluding hydrogens is 280 g/mol. The predicted octanol–water partition coefficient (Wildman–Crippen LogP) is 5.97. The second kappa shape index (κ2) is 4.92. The third-order valence-electron chi connectivity index (χ3n) is 4.94. The smallest absolute Gasteiger partial charge is 0.160 e. The number of carbonyl (C=O) groups excluding carboxylic acids is 1. The molecule has 0 unspecified atom stereocenters. The molecule has 1 heteroatoms. The van der Waals surface area contributed by atoms with Crippen LogP contribution in [0.25, 0.3) is 32.3 Å². The summed E-state index contributed by atoms with van der Waals surface area (Å²) in [6, 6.07) is 18.8. The van der Waals surface area contributed by atoms with Gasteiger partial charge in [-0.15, -0.1) is 0 Å². The molecule has 0 aliphatic rings. The molecule has 0 radical (unpaired) electrons. The first-order valence-electron chi connectivity index (χ1n) is 7.94. The van der Waals surface area contributed by atoms with Crippen LogP contribution in [0.1, 0.15) is 28.4 Å². The van der Waals surface area contributed by atoms with Crippen molar-refractivity contribution >= 4 is 38.1 Å². The molecule has 0 amide bonds. The lowest BCUT2D eigenvalue weighted by molar-refractivity contribution is 0.101. The lowest BCUT2D eigenvalue weighted by Gasteiger charge is -2.16. The van der Waals surface area contributed by atoms with E-state index in [4.69, 9.17) is 0 Å². The Labute approximate surface area is 135 Å². The number of fused-ring (bicyclic) bond motifs is 4. The molecule has 23 heavy (non-hydrogen) atoms. The van der Waals surface area contributed by atoms with Crippen molar-refractivity contribution in [2.24, 2.45) is 0 Å². The molecule has 4 aromatic carbocycles. The number of Topliss-reactive ketones (excluding diaryl/α,β-unsaturated/α-hetero) is 1. The molecule has 0 heterocycles. The molecule has 0 aliphatic heterocycles. The Morgan fingerprint density at radius 1 is 0.696 bits per heavy atom. The number of hydrogen-bond donors (Lipinski definition) is 0. The van der Waals surface area contributed by atoms with E-state index in [0.717, 1.165) is 10.9 Å². The van der Waals surface area contributed by atoms with Gasteiger partial charge in [0.25, 0.3) is 0 Å². The van der Waals surface area contributed by atoms with Crippen molar-refractivity contribution in [1.29, 1.82) is 0 Å². The van der Waals surface area contributed by atoms with Gasteiger partial charge in [0.15, 0.2) is 5.78 Å². The molecule has 112 valence electrons. The third kappa shape index (κ3) is 1.90. The van der Waals surface area contributed by atoms with E-state index in [1.807, 2.05) is 6.07 Å². The van der Waals surface area contributed by atoms with Gasteiger partial charge in [-0.1, -0.05) is 48.5 Å². The van der Waals surface area contributed by atoms with E-state index in [1.165, 1.54) is 38.1 Å². The van der Waals surface area contributed by atoms with E-state index in [0.29, 0.717) is 0 Å². The number of ketones is 1. The number of aryl methyl sites for hydroxylation is 2. The maximum absolute atomic E-state index is 12.2. The average Bonchev–Trinajstić information content (AvgIpc) is 2.58. The van der Waals surface area contributed by atoms with Gasteiger partial charge in [-0.05, 0) is 70.3 Å². The van der Waals surface area contributed by atoms with Gasteiger partial charge in [-0.2, -0.15) is 0 Å². The summed E-state index contributed by atoms with van der Waals surface area (Å²) in [6.07, 6.45) is 0. The zero-order valence-corrected chi connectivity index (χ0v) is 13.6. The SMILES string of the molecule is CC(=O)c1cc2c(C)c3ccccc3c(C)c2c2ccccc12. The van der Waals surface area contributed by atoms with Crippen LogP contribution in [0.4, 0.5) is 0 Å². The van der Waals surface area contributed by atoms with Gasteiger partial charge >= 0.3 is 0 Å². The monoisotopic (exact) mass is 298 g/mol. The zero-order valence-electron chi connectivity index (χ0n) is 13.6. The highest BCUT2D eigenvalue weighted by molar-refractivity contribution is 6.21. The van der Waals surface area contributed by atoms with Crippen LogP contribution in [0.2, 0.25) is 0 Å². The molecule has 4 aromatic rings. The topological polar surface area (TPSA) is 17.1 Å². The molecule has 0 saturated carbocycles. The summed E-state index contributed by atoms with van der Waals surface area (Å²) in [5.74, 6) is 0.119. The van der Waals surface area contributed by atoms with E-state index < -0.39 is 0 Å². The summed E-state index contributed by atoms with van der Waals surface area (Å²) in [5, 5.41) is 7.22. The van der Waals surface area contributed by atoms with Gasteiger partial charge in [-0.3, -0.25) is 4.79 Å². The van der Waals surface area contributed by atoms with E-state index in [-0.39, 0.29) is 5.78 Å². The Morgan fingerprint density at radius 2 is 1.22 bits per heavy atom. The molecule has 0 aromatic heterocycles. The van der Waals surface area contributed by atoms with Crippen molar-refractivity contribution in [3.63, 3.8) is 0 Å². The molecule has 0 N–H and O–H groups in total. The molecule has 1 nitrogen and oxygen atoms in total. The van der Waals surface area contributed by atoms with Gasteiger partial charge in [0, 0.05) is 5.56 Å². The molecule has 0 bridgehead atoms. The fourth-order valence-corrected chi connectivity index (χ4v) is 3.78. The maximum Gasteiger partial charge on any atom is 0.160 e. The first-order chi connectivity index (χ1) is 11.1. The van der Waals surface area contributed by atoms with Crippen LogP contribution in [0.15, 0.2) is 54.6 Å². The zero-order chi connectivity index (χ0) is 16.1. The Morgan fingerprint density at radius 3 is 1.83 bits per heavy atom. The molecule has 0 aliphatic carbocycles. The predicted molar refractivity (Wildman–Crippen MR) is 98.4 cm³/mol. The van der Waals surface area contributed by atoms with Crippen LogP contribution in [0.3, 0.4) is 0 Å². The molecule has 0 atom stereocenters. The Balaban J connectivity index is 2.38. The van der Waals surface area contributed by atoms with Crippen molar-refractivity contribution in [1.82, 2.24) is 0 Å². The van der Waals surface area contributed by atoms with E-state index in [9.17, 15) is 4.79 Å². The minimum Gasteiger partial charge on any atom is -0.294 e. The van der Waals surface area contributed by atoms with Crippen molar-refractivity contribution < 1.29 is 4.79 Å². The van der Waals surface area contributed by atoms with Gasteiger partial charge in [-0.25, -0.2) is 0 Å². The quantitative estimate of drug-likeness (QED) is 0.240. The van der Waals surface area contributed by atoms with E-state index in [1.54, 1.807) is 6.92 Å². The average molecular weight is 298 g/mol. The van der Waals surface area contributed by atoms with Crippen molar-refractivity contribution in [2.75, 3.05) is 0 Å². The van der Waals surface area contributed by atoms with Crippen LogP contribution in [0.5, 0.6) is 0 Å². The lowest BCUT2D eigenvalue weighted by Crippen LogP contribution is -1.97. The molecular formula is C22H18O. The molecule has 0 spiro atoms. The first kappa shape index (κ1) is 14.0. The molecule has 0 fully saturated rings. The Hall–Kier alpha value is -2.67. The lowest BCUT2D eigenvalue weighted by atomic mass is 9.87. The maximum atomic E-state index is 12.2. The number of hydrogen-bond acceptors (Lipinski definition) is 1. The second-order valence-electron chi connectivity index (χ2n) is 6.24. The summed E-state index contributed by atoms with van der Waals surface area (Å²) in [5.41, 5.74) is 3.34. The van der Waals surface area contributed by atoms with Crippen LogP contribution < -0.4 is 0 Å². The van der Waals surface area contributed by atoms with Crippen molar-refractivity contribution in [3.05, 3.63) is 71.3 Å². The third-order valence-corrected chi connectivity index (χ3v) is 4.94. The van der Waals surface area contributed by atoms with Crippen LogP contribution in [-0.4, -0.2) is 5.78 Å². The van der Waals surface area contributed by atoms with Crippen LogP contribution in [-0.2, 0) is 0 Å².